The highest BCUT2D eigenvalue weighted by molar-refractivity contribution is 5.88. The van der Waals surface area contributed by atoms with Crippen LogP contribution in [0, 0.1) is 0 Å². The van der Waals surface area contributed by atoms with E-state index in [0.717, 1.165) is 30.0 Å². The molecule has 1 aliphatic carbocycles. The maximum Gasteiger partial charge on any atom is 0.274 e. The van der Waals surface area contributed by atoms with Gasteiger partial charge in [0.1, 0.15) is 5.54 Å². The van der Waals surface area contributed by atoms with Crippen molar-refractivity contribution in [3.63, 3.8) is 0 Å². The molecule has 3 rings (SSSR count). The van der Waals surface area contributed by atoms with Gasteiger partial charge >= 0.3 is 0 Å². The standard InChI is InChI=1S/C11H10N2O/c14-10-11(6-3-7-11)13-9-5-2-1-4-8(9)12-10/h1-2,4-5H,3,6-7H2. The van der Waals surface area contributed by atoms with Crippen LogP contribution in [0.3, 0.4) is 0 Å². The van der Waals surface area contributed by atoms with Crippen LogP contribution >= 0.6 is 0 Å². The summed E-state index contributed by atoms with van der Waals surface area (Å²) in [7, 11) is 0. The van der Waals surface area contributed by atoms with Gasteiger partial charge in [0.2, 0.25) is 0 Å². The second-order valence-corrected chi connectivity index (χ2v) is 3.90. The van der Waals surface area contributed by atoms with E-state index in [1.807, 2.05) is 24.3 Å². The third kappa shape index (κ3) is 0.895. The largest absolute Gasteiger partial charge is 0.274 e. The van der Waals surface area contributed by atoms with Crippen LogP contribution in [0.25, 0.3) is 0 Å². The number of hydrogen-bond donors (Lipinski definition) is 0. The van der Waals surface area contributed by atoms with Crippen molar-refractivity contribution in [3.8, 4) is 0 Å². The monoisotopic (exact) mass is 186 g/mol. The molecule has 1 heterocycles. The number of rotatable bonds is 0. The highest BCUT2D eigenvalue weighted by Gasteiger charge is 2.44. The van der Waals surface area contributed by atoms with Gasteiger partial charge in [-0.25, -0.2) is 4.99 Å². The van der Waals surface area contributed by atoms with Crippen LogP contribution in [0.4, 0.5) is 0 Å². The number of benzene rings is 1. The van der Waals surface area contributed by atoms with E-state index in [2.05, 4.69) is 9.98 Å². The number of para-hydroxylation sites is 2. The zero-order valence-electron chi connectivity index (χ0n) is 7.73. The average Bonchev–Trinajstić information content (AvgIpc) is 2.14. The Morgan fingerprint density at radius 3 is 2.50 bits per heavy atom. The molecule has 1 aromatic rings. The summed E-state index contributed by atoms with van der Waals surface area (Å²) in [6.07, 6.45) is 2.82. The molecule has 14 heavy (non-hydrogen) atoms. The van der Waals surface area contributed by atoms with Gasteiger partial charge in [-0.15, -0.1) is 0 Å². The Morgan fingerprint density at radius 1 is 1.14 bits per heavy atom. The molecule has 0 saturated heterocycles. The van der Waals surface area contributed by atoms with Crippen molar-refractivity contribution < 1.29 is 4.79 Å². The molecule has 70 valence electrons. The van der Waals surface area contributed by atoms with E-state index in [-0.39, 0.29) is 5.91 Å². The number of hydrogen-bond acceptors (Lipinski definition) is 2. The Labute approximate surface area is 81.2 Å². The molecule has 3 heteroatoms. The number of carbonyl (C=O) groups is 1. The highest BCUT2D eigenvalue weighted by atomic mass is 16.2. The summed E-state index contributed by atoms with van der Waals surface area (Å²) >= 11 is 0. The molecule has 0 atom stereocenters. The SMILES string of the molecule is O=C1N=c2ccccc2=NC12CCC2. The first kappa shape index (κ1) is 7.85. The Balaban J connectivity index is 2.29. The van der Waals surface area contributed by atoms with Gasteiger partial charge in [-0.2, -0.15) is 0 Å². The molecule has 0 radical (unpaired) electrons. The van der Waals surface area contributed by atoms with E-state index in [1.165, 1.54) is 0 Å². The summed E-state index contributed by atoms with van der Waals surface area (Å²) in [6.45, 7) is 0. The molecule has 0 aromatic heterocycles. The Bertz CT molecular complexity index is 514. The summed E-state index contributed by atoms with van der Waals surface area (Å²) in [6, 6.07) is 7.57. The fourth-order valence-electron chi connectivity index (χ4n) is 1.98. The predicted molar refractivity (Wildman–Crippen MR) is 50.3 cm³/mol. The minimum Gasteiger partial charge on any atom is -0.270 e. The topological polar surface area (TPSA) is 41.8 Å². The molecule has 1 spiro atoms. The average molecular weight is 186 g/mol. The van der Waals surface area contributed by atoms with Gasteiger partial charge in [-0.3, -0.25) is 9.79 Å². The third-order valence-corrected chi connectivity index (χ3v) is 3.02. The van der Waals surface area contributed by atoms with Crippen molar-refractivity contribution in [2.45, 2.75) is 24.8 Å². The molecule has 2 aliphatic rings. The van der Waals surface area contributed by atoms with E-state index >= 15 is 0 Å². The molecular weight excluding hydrogens is 176 g/mol. The van der Waals surface area contributed by atoms with Gasteiger partial charge in [0, 0.05) is 0 Å². The minimum absolute atomic E-state index is 0.0533. The zero-order chi connectivity index (χ0) is 9.60. The minimum atomic E-state index is -0.478. The molecule has 0 unspecified atom stereocenters. The van der Waals surface area contributed by atoms with E-state index in [9.17, 15) is 4.79 Å². The lowest BCUT2D eigenvalue weighted by Crippen LogP contribution is -2.50. The van der Waals surface area contributed by atoms with Crippen LogP contribution in [-0.2, 0) is 4.79 Å². The maximum atomic E-state index is 11.7. The van der Waals surface area contributed by atoms with E-state index < -0.39 is 5.54 Å². The number of fused-ring (bicyclic) bond motifs is 1. The van der Waals surface area contributed by atoms with Crippen LogP contribution in [0.5, 0.6) is 0 Å². The Hall–Kier alpha value is -1.51. The number of amides is 1. The smallest absolute Gasteiger partial charge is 0.270 e. The normalized spacial score (nSPS) is 21.9. The first-order valence-corrected chi connectivity index (χ1v) is 4.88. The first-order chi connectivity index (χ1) is 6.80. The number of nitrogens with zero attached hydrogens (tertiary/aromatic N) is 2. The Morgan fingerprint density at radius 2 is 1.86 bits per heavy atom. The van der Waals surface area contributed by atoms with Crippen LogP contribution in [-0.4, -0.2) is 11.4 Å². The zero-order valence-corrected chi connectivity index (χ0v) is 7.73. The molecule has 3 nitrogen and oxygen atoms in total. The number of carbonyl (C=O) groups excluding carboxylic acids is 1. The summed E-state index contributed by atoms with van der Waals surface area (Å²) in [5, 5.41) is 1.59. The third-order valence-electron chi connectivity index (χ3n) is 3.02. The van der Waals surface area contributed by atoms with E-state index in [0.29, 0.717) is 0 Å². The lowest BCUT2D eigenvalue weighted by molar-refractivity contribution is -0.126. The van der Waals surface area contributed by atoms with Gasteiger partial charge in [0.05, 0.1) is 10.7 Å². The maximum absolute atomic E-state index is 11.7. The quantitative estimate of drug-likeness (QED) is 0.578. The Kier molecular flexibility index (Phi) is 1.40. The van der Waals surface area contributed by atoms with Gasteiger partial charge in [-0.05, 0) is 31.4 Å². The summed E-state index contributed by atoms with van der Waals surface area (Å²) in [5.41, 5.74) is -0.478. The van der Waals surface area contributed by atoms with Crippen molar-refractivity contribution in [3.05, 3.63) is 35.0 Å². The highest BCUT2D eigenvalue weighted by Crippen LogP contribution is 2.36. The summed E-state index contributed by atoms with van der Waals surface area (Å²) < 4.78 is 0. The molecule has 1 aliphatic heterocycles. The molecule has 0 bridgehead atoms. The van der Waals surface area contributed by atoms with Gasteiger partial charge in [0.25, 0.3) is 5.91 Å². The molecular formula is C11H10N2O. The molecule has 1 fully saturated rings. The second kappa shape index (κ2) is 2.50. The van der Waals surface area contributed by atoms with Crippen LogP contribution in [0.15, 0.2) is 34.3 Å². The van der Waals surface area contributed by atoms with E-state index in [4.69, 9.17) is 0 Å². The molecule has 1 saturated carbocycles. The second-order valence-electron chi connectivity index (χ2n) is 3.90. The van der Waals surface area contributed by atoms with Crippen LogP contribution in [0.1, 0.15) is 19.3 Å². The van der Waals surface area contributed by atoms with Crippen molar-refractivity contribution in [2.24, 2.45) is 9.98 Å². The van der Waals surface area contributed by atoms with Gasteiger partial charge < -0.3 is 0 Å². The van der Waals surface area contributed by atoms with Crippen molar-refractivity contribution in [1.29, 1.82) is 0 Å². The molecule has 1 amide bonds. The van der Waals surface area contributed by atoms with Crippen molar-refractivity contribution >= 4 is 5.91 Å². The lowest BCUT2D eigenvalue weighted by atomic mass is 9.76. The summed E-state index contributed by atoms with van der Waals surface area (Å²) in [4.78, 5) is 20.3. The van der Waals surface area contributed by atoms with E-state index in [1.54, 1.807) is 0 Å². The van der Waals surface area contributed by atoms with Crippen LogP contribution < -0.4 is 10.7 Å². The van der Waals surface area contributed by atoms with Crippen molar-refractivity contribution in [2.75, 3.05) is 0 Å². The predicted octanol–water partition coefficient (Wildman–Crippen LogP) is 0.389. The van der Waals surface area contributed by atoms with Crippen molar-refractivity contribution in [1.82, 2.24) is 0 Å². The fraction of sp³-hybridized carbons (Fsp3) is 0.364. The van der Waals surface area contributed by atoms with Crippen LogP contribution in [0.2, 0.25) is 0 Å². The van der Waals surface area contributed by atoms with Gasteiger partial charge in [0.15, 0.2) is 0 Å². The molecule has 0 N–H and O–H groups in total. The summed E-state index contributed by atoms with van der Waals surface area (Å²) in [5.74, 6) is -0.0533. The fourth-order valence-corrected chi connectivity index (χ4v) is 1.98. The molecule has 1 aromatic carbocycles. The van der Waals surface area contributed by atoms with Gasteiger partial charge in [-0.1, -0.05) is 12.1 Å². The lowest BCUT2D eigenvalue weighted by Gasteiger charge is -2.35. The first-order valence-electron chi connectivity index (χ1n) is 4.88.